The van der Waals surface area contributed by atoms with Crippen molar-refractivity contribution in [3.63, 3.8) is 0 Å². The summed E-state index contributed by atoms with van der Waals surface area (Å²) in [4.78, 5) is 2.70. The van der Waals surface area contributed by atoms with Crippen LogP contribution in [0.5, 0.6) is 0 Å². The minimum atomic E-state index is 0.164. The van der Waals surface area contributed by atoms with Crippen LogP contribution in [0.1, 0.15) is 58.1 Å². The first-order valence-electron chi connectivity index (χ1n) is 8.42. The maximum atomic E-state index is 6.52. The summed E-state index contributed by atoms with van der Waals surface area (Å²) < 4.78 is 0. The number of halogens is 1. The van der Waals surface area contributed by atoms with Crippen LogP contribution < -0.4 is 5.32 Å². The highest BCUT2D eigenvalue weighted by atomic mass is 35.5. The van der Waals surface area contributed by atoms with Gasteiger partial charge in [-0.3, -0.25) is 4.90 Å². The average Bonchev–Trinajstić information content (AvgIpc) is 3.04. The molecule has 1 heterocycles. The van der Waals surface area contributed by atoms with Gasteiger partial charge in [0.15, 0.2) is 0 Å². The number of likely N-dealkylation sites (N-methyl/N-ethyl adjacent to an activating group) is 1. The van der Waals surface area contributed by atoms with Crippen LogP contribution in [0.2, 0.25) is 5.02 Å². The van der Waals surface area contributed by atoms with E-state index in [0.717, 1.165) is 24.4 Å². The van der Waals surface area contributed by atoms with Gasteiger partial charge in [-0.25, -0.2) is 0 Å². The second-order valence-electron chi connectivity index (χ2n) is 6.02. The molecule has 1 aromatic rings. The summed E-state index contributed by atoms with van der Waals surface area (Å²) in [5.41, 5.74) is 1.41. The molecule has 0 amide bonds. The van der Waals surface area contributed by atoms with Crippen molar-refractivity contribution in [2.24, 2.45) is 0 Å². The first kappa shape index (κ1) is 16.8. The molecule has 0 radical (unpaired) electrons. The van der Waals surface area contributed by atoms with E-state index in [4.69, 9.17) is 11.6 Å². The van der Waals surface area contributed by atoms with Gasteiger partial charge >= 0.3 is 0 Å². The number of hydrogen-bond acceptors (Lipinski definition) is 2. The summed E-state index contributed by atoms with van der Waals surface area (Å²) in [6.07, 6.45) is 4.94. The fourth-order valence-electron chi connectivity index (χ4n) is 3.95. The van der Waals surface area contributed by atoms with Crippen LogP contribution in [-0.2, 0) is 0 Å². The number of nitrogens with one attached hydrogen (secondary N) is 1. The lowest BCUT2D eigenvalue weighted by Crippen LogP contribution is -2.55. The third kappa shape index (κ3) is 3.28. The summed E-state index contributed by atoms with van der Waals surface area (Å²) >= 11 is 6.52. The zero-order chi connectivity index (χ0) is 15.3. The molecule has 1 fully saturated rings. The van der Waals surface area contributed by atoms with Crippen LogP contribution >= 0.6 is 11.6 Å². The molecule has 0 aromatic heterocycles. The molecule has 21 heavy (non-hydrogen) atoms. The topological polar surface area (TPSA) is 15.3 Å². The van der Waals surface area contributed by atoms with Crippen molar-refractivity contribution >= 4 is 11.6 Å². The summed E-state index contributed by atoms with van der Waals surface area (Å²) in [5, 5.41) is 4.62. The highest BCUT2D eigenvalue weighted by Gasteiger charge is 2.42. The zero-order valence-electron chi connectivity index (χ0n) is 13.7. The first-order chi connectivity index (χ1) is 10.2. The van der Waals surface area contributed by atoms with E-state index in [1.54, 1.807) is 0 Å². The van der Waals surface area contributed by atoms with E-state index in [2.05, 4.69) is 43.1 Å². The summed E-state index contributed by atoms with van der Waals surface area (Å²) in [6.45, 7) is 10.2. The quantitative estimate of drug-likeness (QED) is 0.789. The Kier molecular flexibility index (Phi) is 6.09. The average molecular weight is 309 g/mol. The van der Waals surface area contributed by atoms with Gasteiger partial charge < -0.3 is 5.32 Å². The molecule has 0 bridgehead atoms. The largest absolute Gasteiger partial charge is 0.309 e. The molecule has 3 heteroatoms. The van der Waals surface area contributed by atoms with Crippen molar-refractivity contribution in [3.8, 4) is 0 Å². The minimum Gasteiger partial charge on any atom is -0.309 e. The molecule has 1 N–H and O–H groups in total. The maximum Gasteiger partial charge on any atom is 0.0521 e. The molecule has 1 aromatic carbocycles. The normalized spacial score (nSPS) is 18.1. The Balaban J connectivity index is 2.43. The Hall–Kier alpha value is -0.570. The number of hydrogen-bond donors (Lipinski definition) is 1. The molecular formula is C18H29ClN2. The Morgan fingerprint density at radius 3 is 2.29 bits per heavy atom. The molecule has 1 aliphatic heterocycles. The Morgan fingerprint density at radius 2 is 1.76 bits per heavy atom. The smallest absolute Gasteiger partial charge is 0.0521 e. The Bertz CT molecular complexity index is 437. The van der Waals surface area contributed by atoms with Gasteiger partial charge in [0.2, 0.25) is 0 Å². The molecule has 0 aliphatic carbocycles. The third-order valence-electron chi connectivity index (χ3n) is 5.12. The van der Waals surface area contributed by atoms with Gasteiger partial charge in [0, 0.05) is 10.6 Å². The van der Waals surface area contributed by atoms with Gasteiger partial charge in [-0.1, -0.05) is 50.6 Å². The van der Waals surface area contributed by atoms with Crippen LogP contribution in [0, 0.1) is 0 Å². The van der Waals surface area contributed by atoms with Gasteiger partial charge in [0.05, 0.1) is 6.04 Å². The second-order valence-corrected chi connectivity index (χ2v) is 6.42. The van der Waals surface area contributed by atoms with E-state index in [1.165, 1.54) is 31.5 Å². The summed E-state index contributed by atoms with van der Waals surface area (Å²) in [6, 6.07) is 8.62. The molecule has 2 rings (SSSR count). The molecule has 118 valence electrons. The standard InChI is InChI=1S/C18H29ClN2/c1-4-18(5-2,21-13-9-10-14-21)17(20-6-3)15-11-7-8-12-16(15)19/h7-8,11-12,17,20H,4-6,9-10,13-14H2,1-3H3. The molecule has 1 unspecified atom stereocenters. The van der Waals surface area contributed by atoms with Crippen molar-refractivity contribution < 1.29 is 0 Å². The van der Waals surface area contributed by atoms with Crippen molar-refractivity contribution in [2.45, 2.75) is 58.0 Å². The van der Waals surface area contributed by atoms with Crippen molar-refractivity contribution in [3.05, 3.63) is 34.9 Å². The predicted octanol–water partition coefficient (Wildman–Crippen LogP) is 4.65. The minimum absolute atomic E-state index is 0.164. The maximum absolute atomic E-state index is 6.52. The SMILES string of the molecule is CCNC(c1ccccc1Cl)C(CC)(CC)N1CCCC1. The molecule has 1 atom stereocenters. The predicted molar refractivity (Wildman–Crippen MR) is 92.0 cm³/mol. The lowest BCUT2D eigenvalue weighted by atomic mass is 9.79. The molecule has 1 saturated heterocycles. The van der Waals surface area contributed by atoms with E-state index in [1.807, 2.05) is 12.1 Å². The zero-order valence-corrected chi connectivity index (χ0v) is 14.4. The van der Waals surface area contributed by atoms with E-state index < -0.39 is 0 Å². The van der Waals surface area contributed by atoms with Crippen LogP contribution in [-0.4, -0.2) is 30.1 Å². The van der Waals surface area contributed by atoms with E-state index in [0.29, 0.717) is 6.04 Å². The number of rotatable bonds is 7. The van der Waals surface area contributed by atoms with E-state index >= 15 is 0 Å². The molecule has 1 aliphatic rings. The highest BCUT2D eigenvalue weighted by Crippen LogP contribution is 2.41. The van der Waals surface area contributed by atoms with Crippen LogP contribution in [0.3, 0.4) is 0 Å². The third-order valence-corrected chi connectivity index (χ3v) is 5.47. The lowest BCUT2D eigenvalue weighted by Gasteiger charge is -2.47. The van der Waals surface area contributed by atoms with Gasteiger partial charge in [0.25, 0.3) is 0 Å². The molecule has 0 saturated carbocycles. The molecule has 2 nitrogen and oxygen atoms in total. The van der Waals surface area contributed by atoms with Crippen molar-refractivity contribution in [1.29, 1.82) is 0 Å². The lowest BCUT2D eigenvalue weighted by molar-refractivity contribution is 0.0623. The van der Waals surface area contributed by atoms with Crippen LogP contribution in [0.4, 0.5) is 0 Å². The molecular weight excluding hydrogens is 280 g/mol. The summed E-state index contributed by atoms with van der Waals surface area (Å²) in [7, 11) is 0. The van der Waals surface area contributed by atoms with Gasteiger partial charge in [-0.05, 0) is 56.9 Å². The Labute approximate surface area is 134 Å². The second kappa shape index (κ2) is 7.62. The highest BCUT2D eigenvalue weighted by molar-refractivity contribution is 6.31. The van der Waals surface area contributed by atoms with Crippen LogP contribution in [0.15, 0.2) is 24.3 Å². The Morgan fingerprint density at radius 1 is 1.14 bits per heavy atom. The van der Waals surface area contributed by atoms with Gasteiger partial charge in [-0.2, -0.15) is 0 Å². The molecule has 0 spiro atoms. The number of benzene rings is 1. The summed E-state index contributed by atoms with van der Waals surface area (Å²) in [5.74, 6) is 0. The van der Waals surface area contributed by atoms with Gasteiger partial charge in [-0.15, -0.1) is 0 Å². The number of nitrogens with zero attached hydrogens (tertiary/aromatic N) is 1. The monoisotopic (exact) mass is 308 g/mol. The fraction of sp³-hybridized carbons (Fsp3) is 0.667. The van der Waals surface area contributed by atoms with Crippen molar-refractivity contribution in [2.75, 3.05) is 19.6 Å². The van der Waals surface area contributed by atoms with E-state index in [9.17, 15) is 0 Å². The first-order valence-corrected chi connectivity index (χ1v) is 8.80. The van der Waals surface area contributed by atoms with E-state index in [-0.39, 0.29) is 5.54 Å². The van der Waals surface area contributed by atoms with Gasteiger partial charge in [0.1, 0.15) is 0 Å². The van der Waals surface area contributed by atoms with Crippen molar-refractivity contribution in [1.82, 2.24) is 10.2 Å². The fourth-order valence-corrected chi connectivity index (χ4v) is 4.20. The van der Waals surface area contributed by atoms with Crippen LogP contribution in [0.25, 0.3) is 0 Å². The number of likely N-dealkylation sites (tertiary alicyclic amines) is 1.